The summed E-state index contributed by atoms with van der Waals surface area (Å²) in [6, 6.07) is 16.7. The quantitative estimate of drug-likeness (QED) is 0.326. The number of nitrogens with zero attached hydrogens (tertiary/aromatic N) is 1. The Morgan fingerprint density at radius 3 is 2.45 bits per heavy atom. The Kier molecular flexibility index (Phi) is 9.44. The van der Waals surface area contributed by atoms with Crippen molar-refractivity contribution in [1.29, 1.82) is 0 Å². The molecule has 0 saturated carbocycles. The molecule has 0 heterocycles. The largest absolute Gasteiger partial charge is 0.497 e. The van der Waals surface area contributed by atoms with Crippen LogP contribution in [0.1, 0.15) is 33.3 Å². The standard InChI is InChI=1S/C27H36ClNOSi/c1-7-29(19-10-8-9-18-27(2,3)4)21-23-12-11-13-25(20-23)30-22-31(5,6)26-16-14-24(28)15-17-26/h8,10-17,20H,7,19,21-22H2,1-6H3/b10-8+. The molecule has 31 heavy (non-hydrogen) atoms. The van der Waals surface area contributed by atoms with Gasteiger partial charge in [0.2, 0.25) is 0 Å². The molecule has 0 fully saturated rings. The highest BCUT2D eigenvalue weighted by molar-refractivity contribution is 6.89. The number of hydrogen-bond donors (Lipinski definition) is 0. The Bertz CT molecular complexity index is 917. The van der Waals surface area contributed by atoms with Crippen LogP contribution in [0.5, 0.6) is 5.75 Å². The number of likely N-dealkylation sites (N-methyl/N-ethyl adjacent to an activating group) is 1. The van der Waals surface area contributed by atoms with Crippen LogP contribution in [-0.2, 0) is 6.54 Å². The fourth-order valence-electron chi connectivity index (χ4n) is 3.06. The lowest BCUT2D eigenvalue weighted by Crippen LogP contribution is -2.47. The SMILES string of the molecule is CCN(C/C=C/C#CC(C)(C)C)Cc1cccc(OC[Si](C)(C)c2ccc(Cl)cc2)c1. The molecule has 2 nitrogen and oxygen atoms in total. The summed E-state index contributed by atoms with van der Waals surface area (Å²) in [5.74, 6) is 7.32. The number of benzene rings is 2. The minimum Gasteiger partial charge on any atom is -0.497 e. The van der Waals surface area contributed by atoms with Gasteiger partial charge in [0.1, 0.15) is 13.8 Å². The monoisotopic (exact) mass is 453 g/mol. The lowest BCUT2D eigenvalue weighted by atomic mass is 9.98. The van der Waals surface area contributed by atoms with E-state index in [9.17, 15) is 0 Å². The fourth-order valence-corrected chi connectivity index (χ4v) is 4.95. The predicted octanol–water partition coefficient (Wildman–Crippen LogP) is 6.30. The second-order valence-electron chi connectivity index (χ2n) is 9.58. The molecule has 166 valence electrons. The molecular formula is C27H36ClNOSi. The van der Waals surface area contributed by atoms with Crippen molar-refractivity contribution in [1.82, 2.24) is 4.90 Å². The van der Waals surface area contributed by atoms with E-state index in [0.29, 0.717) is 0 Å². The van der Waals surface area contributed by atoms with Gasteiger partial charge < -0.3 is 4.74 Å². The van der Waals surface area contributed by atoms with Crippen LogP contribution in [0.2, 0.25) is 18.1 Å². The van der Waals surface area contributed by atoms with Gasteiger partial charge in [0.25, 0.3) is 0 Å². The van der Waals surface area contributed by atoms with Crippen molar-refractivity contribution in [2.75, 3.05) is 19.3 Å². The fraction of sp³-hybridized carbons (Fsp3) is 0.407. The Morgan fingerprint density at radius 1 is 1.10 bits per heavy atom. The molecule has 0 aromatic heterocycles. The van der Waals surface area contributed by atoms with Gasteiger partial charge in [0, 0.05) is 23.5 Å². The van der Waals surface area contributed by atoms with Gasteiger partial charge in [0.15, 0.2) is 0 Å². The van der Waals surface area contributed by atoms with Crippen molar-refractivity contribution in [3.8, 4) is 17.6 Å². The molecule has 0 amide bonds. The smallest absolute Gasteiger partial charge is 0.124 e. The van der Waals surface area contributed by atoms with Gasteiger partial charge in [-0.1, -0.05) is 79.0 Å². The third-order valence-corrected chi connectivity index (χ3v) is 8.00. The van der Waals surface area contributed by atoms with E-state index in [-0.39, 0.29) is 5.41 Å². The van der Waals surface area contributed by atoms with Crippen LogP contribution >= 0.6 is 11.6 Å². The van der Waals surface area contributed by atoms with E-state index >= 15 is 0 Å². The van der Waals surface area contributed by atoms with E-state index in [2.05, 4.69) is 93.9 Å². The highest BCUT2D eigenvalue weighted by Gasteiger charge is 2.24. The van der Waals surface area contributed by atoms with E-state index in [0.717, 1.165) is 36.6 Å². The normalized spacial score (nSPS) is 12.1. The molecule has 0 spiro atoms. The Hall–Kier alpha value is -1.99. The first-order valence-corrected chi connectivity index (χ1v) is 14.6. The van der Waals surface area contributed by atoms with Gasteiger partial charge in [-0.25, -0.2) is 0 Å². The zero-order valence-corrected chi connectivity index (χ0v) is 21.6. The first kappa shape index (κ1) is 25.3. The number of ether oxygens (including phenoxy) is 1. The number of halogens is 1. The molecule has 0 aliphatic carbocycles. The van der Waals surface area contributed by atoms with Crippen molar-refractivity contribution in [3.63, 3.8) is 0 Å². The molecular weight excluding hydrogens is 418 g/mol. The molecule has 0 N–H and O–H groups in total. The molecule has 0 aliphatic rings. The topological polar surface area (TPSA) is 12.5 Å². The Morgan fingerprint density at radius 2 is 1.81 bits per heavy atom. The lowest BCUT2D eigenvalue weighted by Gasteiger charge is -2.24. The maximum atomic E-state index is 6.23. The first-order valence-electron chi connectivity index (χ1n) is 11.0. The highest BCUT2D eigenvalue weighted by atomic mass is 35.5. The second-order valence-corrected chi connectivity index (χ2v) is 14.6. The van der Waals surface area contributed by atoms with Crippen LogP contribution in [0.3, 0.4) is 0 Å². The summed E-state index contributed by atoms with van der Waals surface area (Å²) >= 11 is 6.04. The summed E-state index contributed by atoms with van der Waals surface area (Å²) in [7, 11) is -1.69. The van der Waals surface area contributed by atoms with Crippen LogP contribution in [0.15, 0.2) is 60.7 Å². The zero-order valence-electron chi connectivity index (χ0n) is 19.8. The van der Waals surface area contributed by atoms with Crippen LogP contribution in [0.25, 0.3) is 0 Å². The van der Waals surface area contributed by atoms with Crippen LogP contribution in [0.4, 0.5) is 0 Å². The third kappa shape index (κ3) is 9.35. The van der Waals surface area contributed by atoms with Gasteiger partial charge in [-0.15, -0.1) is 0 Å². The third-order valence-electron chi connectivity index (χ3n) is 4.99. The van der Waals surface area contributed by atoms with Crippen LogP contribution < -0.4 is 9.92 Å². The summed E-state index contributed by atoms with van der Waals surface area (Å²) in [6.07, 6.45) is 4.85. The summed E-state index contributed by atoms with van der Waals surface area (Å²) in [4.78, 5) is 2.39. The number of allylic oxidation sites excluding steroid dienone is 1. The van der Waals surface area contributed by atoms with E-state index in [1.165, 1.54) is 10.8 Å². The summed E-state index contributed by atoms with van der Waals surface area (Å²) < 4.78 is 6.23. The Labute approximate surface area is 195 Å². The minimum atomic E-state index is -1.69. The van der Waals surface area contributed by atoms with Crippen molar-refractivity contribution < 1.29 is 4.74 Å². The molecule has 2 aromatic carbocycles. The summed E-state index contributed by atoms with van der Waals surface area (Å²) in [5, 5.41) is 2.13. The molecule has 0 saturated heterocycles. The maximum Gasteiger partial charge on any atom is 0.124 e. The molecule has 0 unspecified atom stereocenters. The predicted molar refractivity (Wildman–Crippen MR) is 138 cm³/mol. The number of rotatable bonds is 9. The average Bonchev–Trinajstić information content (AvgIpc) is 2.71. The average molecular weight is 454 g/mol. The molecule has 0 atom stereocenters. The molecule has 4 heteroatoms. The first-order chi connectivity index (χ1) is 14.6. The van der Waals surface area contributed by atoms with E-state index < -0.39 is 8.07 Å². The van der Waals surface area contributed by atoms with Crippen molar-refractivity contribution in [3.05, 3.63) is 71.3 Å². The minimum absolute atomic E-state index is 0.0419. The lowest BCUT2D eigenvalue weighted by molar-refractivity contribution is 0.310. The highest BCUT2D eigenvalue weighted by Crippen LogP contribution is 2.17. The van der Waals surface area contributed by atoms with E-state index in [4.69, 9.17) is 16.3 Å². The zero-order chi connectivity index (χ0) is 22.9. The van der Waals surface area contributed by atoms with Gasteiger partial charge in [0.05, 0.1) is 6.23 Å². The summed E-state index contributed by atoms with van der Waals surface area (Å²) in [6.45, 7) is 16.0. The van der Waals surface area contributed by atoms with Gasteiger partial charge in [-0.05, 0) is 63.2 Å². The van der Waals surface area contributed by atoms with Gasteiger partial charge in [-0.2, -0.15) is 0 Å². The molecule has 0 bridgehead atoms. The van der Waals surface area contributed by atoms with Crippen LogP contribution in [0, 0.1) is 17.3 Å². The van der Waals surface area contributed by atoms with Gasteiger partial charge in [-0.3, -0.25) is 4.90 Å². The number of hydrogen-bond acceptors (Lipinski definition) is 2. The second kappa shape index (κ2) is 11.6. The van der Waals surface area contributed by atoms with Crippen molar-refractivity contribution >= 4 is 24.9 Å². The molecule has 2 rings (SSSR count). The Balaban J connectivity index is 1.94. The van der Waals surface area contributed by atoms with E-state index in [1.807, 2.05) is 24.3 Å². The summed E-state index contributed by atoms with van der Waals surface area (Å²) in [5.41, 5.74) is 1.31. The van der Waals surface area contributed by atoms with Crippen LogP contribution in [-0.4, -0.2) is 32.3 Å². The van der Waals surface area contributed by atoms with E-state index in [1.54, 1.807) is 0 Å². The maximum absolute atomic E-state index is 6.23. The molecule has 0 radical (unpaired) electrons. The molecule has 0 aliphatic heterocycles. The molecule has 2 aromatic rings. The van der Waals surface area contributed by atoms with Gasteiger partial charge >= 0.3 is 0 Å². The van der Waals surface area contributed by atoms with Crippen molar-refractivity contribution in [2.45, 2.75) is 47.3 Å². The van der Waals surface area contributed by atoms with Crippen molar-refractivity contribution in [2.24, 2.45) is 5.41 Å².